The minimum Gasteiger partial charge on any atom is -0.497 e. The van der Waals surface area contributed by atoms with E-state index in [1.807, 2.05) is 0 Å². The third-order valence-electron chi connectivity index (χ3n) is 7.75. The number of methoxy groups -OCH3 is 1. The summed E-state index contributed by atoms with van der Waals surface area (Å²) in [6.07, 6.45) is 5.39. The fourth-order valence-electron chi connectivity index (χ4n) is 6.12. The molecular formula is C26H23ClN2O4. The molecule has 1 saturated heterocycles. The minimum absolute atomic E-state index is 0.135. The van der Waals surface area contributed by atoms with E-state index in [0.717, 1.165) is 6.42 Å². The molecule has 2 aromatic rings. The van der Waals surface area contributed by atoms with Crippen LogP contribution >= 0.6 is 11.6 Å². The summed E-state index contributed by atoms with van der Waals surface area (Å²) in [5.74, 6) is 0.552. The van der Waals surface area contributed by atoms with Gasteiger partial charge >= 0.3 is 0 Å². The molecule has 33 heavy (non-hydrogen) atoms. The second kappa shape index (κ2) is 7.45. The Balaban J connectivity index is 1.36. The average molecular weight is 463 g/mol. The van der Waals surface area contributed by atoms with Crippen LogP contribution in [0, 0.1) is 35.5 Å². The molecule has 2 aromatic carbocycles. The van der Waals surface area contributed by atoms with Crippen molar-refractivity contribution in [3.63, 3.8) is 0 Å². The van der Waals surface area contributed by atoms with E-state index in [1.165, 1.54) is 9.80 Å². The lowest BCUT2D eigenvalue weighted by Gasteiger charge is -2.37. The molecule has 3 amide bonds. The van der Waals surface area contributed by atoms with Crippen LogP contribution in [0.15, 0.2) is 60.7 Å². The molecule has 7 rings (SSSR count). The number of anilines is 1. The maximum atomic E-state index is 13.6. The van der Waals surface area contributed by atoms with E-state index >= 15 is 0 Å². The van der Waals surface area contributed by atoms with E-state index in [9.17, 15) is 14.4 Å². The number of ether oxygens (including phenoxy) is 1. The number of halogens is 1. The number of benzene rings is 2. The number of nitrogens with zero attached hydrogens (tertiary/aromatic N) is 2. The Hall–Kier alpha value is -3.12. The zero-order valence-electron chi connectivity index (χ0n) is 18.1. The molecule has 6 atom stereocenters. The summed E-state index contributed by atoms with van der Waals surface area (Å²) < 4.78 is 5.34. The fraction of sp³-hybridized carbons (Fsp3) is 0.346. The number of carbonyl (C=O) groups is 3. The molecule has 7 heteroatoms. The molecule has 2 saturated carbocycles. The second-order valence-corrected chi connectivity index (χ2v) is 9.72. The molecule has 0 radical (unpaired) electrons. The van der Waals surface area contributed by atoms with Gasteiger partial charge in [0, 0.05) is 11.8 Å². The zero-order valence-corrected chi connectivity index (χ0v) is 18.8. The predicted molar refractivity (Wildman–Crippen MR) is 123 cm³/mol. The normalized spacial score (nSPS) is 30.8. The van der Waals surface area contributed by atoms with Gasteiger partial charge in [-0.2, -0.15) is 0 Å². The average Bonchev–Trinajstić information content (AvgIpc) is 3.62. The van der Waals surface area contributed by atoms with Gasteiger partial charge in [-0.05, 0) is 54.4 Å². The first-order valence-electron chi connectivity index (χ1n) is 11.2. The summed E-state index contributed by atoms with van der Waals surface area (Å²) in [5, 5.41) is 0.311. The summed E-state index contributed by atoms with van der Waals surface area (Å²) in [6, 6.07) is 13.8. The molecule has 0 spiro atoms. The van der Waals surface area contributed by atoms with Gasteiger partial charge in [-0.1, -0.05) is 42.0 Å². The molecule has 168 valence electrons. The number of carbonyl (C=O) groups excluding carboxylic acids is 3. The van der Waals surface area contributed by atoms with E-state index in [-0.39, 0.29) is 48.1 Å². The van der Waals surface area contributed by atoms with Crippen LogP contribution in [-0.2, 0) is 9.59 Å². The summed E-state index contributed by atoms with van der Waals surface area (Å²) >= 11 is 6.32. The maximum absolute atomic E-state index is 13.6. The van der Waals surface area contributed by atoms with Gasteiger partial charge in [0.25, 0.3) is 5.91 Å². The van der Waals surface area contributed by atoms with Crippen LogP contribution in [-0.4, -0.2) is 36.4 Å². The van der Waals surface area contributed by atoms with Crippen molar-refractivity contribution in [2.24, 2.45) is 35.5 Å². The first-order chi connectivity index (χ1) is 16.0. The summed E-state index contributed by atoms with van der Waals surface area (Å²) in [5.41, 5.74) is 0.833. The van der Waals surface area contributed by atoms with Crippen molar-refractivity contribution in [1.29, 1.82) is 0 Å². The van der Waals surface area contributed by atoms with Crippen LogP contribution in [0.25, 0.3) is 0 Å². The van der Waals surface area contributed by atoms with Crippen molar-refractivity contribution < 1.29 is 19.1 Å². The lowest BCUT2D eigenvalue weighted by atomic mass is 9.63. The summed E-state index contributed by atoms with van der Waals surface area (Å²) in [4.78, 5) is 43.3. The lowest BCUT2D eigenvalue weighted by molar-refractivity contribution is -0.140. The third kappa shape index (κ3) is 3.04. The largest absolute Gasteiger partial charge is 0.497 e. The summed E-state index contributed by atoms with van der Waals surface area (Å²) in [6.45, 7) is -0.156. The minimum atomic E-state index is -0.381. The SMILES string of the molecule is COc1cccc(N(CN2C(=O)C3C4C=CC(C5CC45)C3C2=O)C(=O)c2ccccc2Cl)c1. The van der Waals surface area contributed by atoms with Crippen molar-refractivity contribution in [1.82, 2.24) is 4.90 Å². The van der Waals surface area contributed by atoms with E-state index < -0.39 is 0 Å². The third-order valence-corrected chi connectivity index (χ3v) is 8.08. The van der Waals surface area contributed by atoms with E-state index in [4.69, 9.17) is 16.3 Å². The van der Waals surface area contributed by atoms with E-state index in [1.54, 1.807) is 55.6 Å². The predicted octanol–water partition coefficient (Wildman–Crippen LogP) is 4.01. The first kappa shape index (κ1) is 20.5. The molecule has 5 aliphatic rings. The standard InChI is InChI=1S/C26H23ClN2O4/c1-33-15-6-4-5-14(11-15)28(24(30)18-7-2-3-8-21(18)27)13-29-25(31)22-16-9-10-17(20-12-19(16)20)23(22)26(29)32/h2-11,16-17,19-20,22-23H,12-13H2,1H3. The van der Waals surface area contributed by atoms with Gasteiger partial charge in [0.15, 0.2) is 0 Å². The Labute approximate surface area is 196 Å². The molecule has 6 nitrogen and oxygen atoms in total. The number of imide groups is 1. The van der Waals surface area contributed by atoms with E-state index in [0.29, 0.717) is 33.9 Å². The van der Waals surface area contributed by atoms with Crippen molar-refractivity contribution in [3.05, 3.63) is 71.3 Å². The van der Waals surface area contributed by atoms with E-state index in [2.05, 4.69) is 12.2 Å². The maximum Gasteiger partial charge on any atom is 0.261 e. The Bertz CT molecular complexity index is 1170. The fourth-order valence-corrected chi connectivity index (χ4v) is 6.34. The molecular weight excluding hydrogens is 440 g/mol. The highest BCUT2D eigenvalue weighted by molar-refractivity contribution is 6.34. The van der Waals surface area contributed by atoms with Crippen LogP contribution in [0.3, 0.4) is 0 Å². The summed E-state index contributed by atoms with van der Waals surface area (Å²) in [7, 11) is 1.55. The number of rotatable bonds is 5. The van der Waals surface area contributed by atoms with Gasteiger partial charge in [0.2, 0.25) is 11.8 Å². The highest BCUT2D eigenvalue weighted by atomic mass is 35.5. The van der Waals surface area contributed by atoms with Gasteiger partial charge in [-0.3, -0.25) is 24.2 Å². The number of amides is 3. The number of likely N-dealkylation sites (tertiary alicyclic amines) is 1. The van der Waals surface area contributed by atoms with Gasteiger partial charge in [0.1, 0.15) is 12.4 Å². The molecule has 0 N–H and O–H groups in total. The molecule has 1 heterocycles. The molecule has 6 unspecified atom stereocenters. The highest BCUT2D eigenvalue weighted by Crippen LogP contribution is 2.65. The first-order valence-corrected chi connectivity index (χ1v) is 11.6. The van der Waals surface area contributed by atoms with Crippen LogP contribution in [0.1, 0.15) is 16.8 Å². The molecule has 2 bridgehead atoms. The Morgan fingerprint density at radius 2 is 1.70 bits per heavy atom. The second-order valence-electron chi connectivity index (χ2n) is 9.32. The van der Waals surface area contributed by atoms with Crippen LogP contribution in [0.5, 0.6) is 5.75 Å². The van der Waals surface area contributed by atoms with Crippen LogP contribution in [0.4, 0.5) is 5.69 Å². The van der Waals surface area contributed by atoms with Gasteiger partial charge in [-0.25, -0.2) is 0 Å². The topological polar surface area (TPSA) is 66.9 Å². The lowest BCUT2D eigenvalue weighted by Crippen LogP contribution is -2.45. The van der Waals surface area contributed by atoms with Crippen molar-refractivity contribution in [2.75, 3.05) is 18.7 Å². The van der Waals surface area contributed by atoms with Crippen molar-refractivity contribution in [3.8, 4) is 5.75 Å². The molecule has 4 aliphatic carbocycles. The number of hydrogen-bond acceptors (Lipinski definition) is 4. The Morgan fingerprint density at radius 1 is 1.03 bits per heavy atom. The Morgan fingerprint density at radius 3 is 2.33 bits per heavy atom. The quantitative estimate of drug-likeness (QED) is 0.497. The number of allylic oxidation sites excluding steroid dienone is 2. The number of hydrogen-bond donors (Lipinski definition) is 0. The van der Waals surface area contributed by atoms with Crippen LogP contribution < -0.4 is 9.64 Å². The molecule has 3 fully saturated rings. The van der Waals surface area contributed by atoms with Crippen molar-refractivity contribution >= 4 is 35.0 Å². The smallest absolute Gasteiger partial charge is 0.261 e. The Kier molecular flexibility index (Phi) is 4.63. The highest BCUT2D eigenvalue weighted by Gasteiger charge is 2.67. The molecule has 0 aromatic heterocycles. The monoisotopic (exact) mass is 462 g/mol. The van der Waals surface area contributed by atoms with Crippen molar-refractivity contribution in [2.45, 2.75) is 6.42 Å². The van der Waals surface area contributed by atoms with Gasteiger partial charge < -0.3 is 4.74 Å². The zero-order chi connectivity index (χ0) is 22.9. The van der Waals surface area contributed by atoms with Gasteiger partial charge in [0.05, 0.1) is 29.5 Å². The van der Waals surface area contributed by atoms with Crippen LogP contribution in [0.2, 0.25) is 5.02 Å². The molecule has 1 aliphatic heterocycles. The van der Waals surface area contributed by atoms with Gasteiger partial charge in [-0.15, -0.1) is 0 Å².